The fourth-order valence-corrected chi connectivity index (χ4v) is 3.23. The molecule has 1 heterocycles. The molecule has 2 unspecified atom stereocenters. The Balaban J connectivity index is 2.21. The van der Waals surface area contributed by atoms with E-state index in [4.69, 9.17) is 11.5 Å². The number of hydrogen-bond acceptors (Lipinski definition) is 3. The highest BCUT2D eigenvalue weighted by Crippen LogP contribution is 2.36. The van der Waals surface area contributed by atoms with Crippen LogP contribution in [0, 0.1) is 5.41 Å². The number of benzene rings is 1. The molecular weight excluding hydrogens is 306 g/mol. The van der Waals surface area contributed by atoms with E-state index in [1.807, 2.05) is 25.1 Å². The van der Waals surface area contributed by atoms with Crippen LogP contribution in [-0.2, 0) is 4.79 Å². The molecule has 1 aliphatic rings. The maximum Gasteiger partial charge on any atom is 0.224 e. The van der Waals surface area contributed by atoms with E-state index in [1.165, 1.54) is 5.56 Å². The number of primary amides is 1. The summed E-state index contributed by atoms with van der Waals surface area (Å²) in [7, 11) is 0. The molecule has 1 amide bonds. The zero-order chi connectivity index (χ0) is 14.0. The Bertz CT molecular complexity index is 480. The van der Waals surface area contributed by atoms with Crippen molar-refractivity contribution in [3.63, 3.8) is 0 Å². The van der Waals surface area contributed by atoms with Crippen LogP contribution in [0.1, 0.15) is 24.9 Å². The summed E-state index contributed by atoms with van der Waals surface area (Å²) in [6, 6.07) is 8.20. The van der Waals surface area contributed by atoms with Gasteiger partial charge in [0, 0.05) is 23.6 Å². The predicted molar refractivity (Wildman–Crippen MR) is 79.4 cm³/mol. The second-order valence-corrected chi connectivity index (χ2v) is 6.27. The lowest BCUT2D eigenvalue weighted by molar-refractivity contribution is -0.126. The zero-order valence-corrected chi connectivity index (χ0v) is 12.7. The third-order valence-corrected chi connectivity index (χ3v) is 4.75. The monoisotopic (exact) mass is 325 g/mol. The van der Waals surface area contributed by atoms with Crippen molar-refractivity contribution in [1.82, 2.24) is 4.90 Å². The normalized spacial score (nSPS) is 25.4. The van der Waals surface area contributed by atoms with Gasteiger partial charge in [-0.3, -0.25) is 9.69 Å². The number of nitrogens with zero attached hydrogens (tertiary/aromatic N) is 1. The average Bonchev–Trinajstić information content (AvgIpc) is 2.77. The Morgan fingerprint density at radius 2 is 2.21 bits per heavy atom. The maximum absolute atomic E-state index is 11.5. The zero-order valence-electron chi connectivity index (χ0n) is 11.1. The van der Waals surface area contributed by atoms with Crippen molar-refractivity contribution in [2.75, 3.05) is 19.6 Å². The number of halogens is 1. The third kappa shape index (κ3) is 2.83. The largest absolute Gasteiger partial charge is 0.369 e. The van der Waals surface area contributed by atoms with Crippen molar-refractivity contribution >= 4 is 21.8 Å². The molecule has 1 aromatic rings. The van der Waals surface area contributed by atoms with E-state index in [1.54, 1.807) is 0 Å². The van der Waals surface area contributed by atoms with Crippen molar-refractivity contribution < 1.29 is 4.79 Å². The van der Waals surface area contributed by atoms with Crippen LogP contribution in [0.3, 0.4) is 0 Å². The van der Waals surface area contributed by atoms with Gasteiger partial charge >= 0.3 is 0 Å². The van der Waals surface area contributed by atoms with Gasteiger partial charge in [-0.15, -0.1) is 0 Å². The summed E-state index contributed by atoms with van der Waals surface area (Å²) in [5, 5.41) is 0. The molecule has 0 saturated carbocycles. The molecule has 1 fully saturated rings. The number of carbonyl (C=O) groups is 1. The molecule has 1 aromatic carbocycles. The number of likely N-dealkylation sites (tertiary alicyclic amines) is 1. The summed E-state index contributed by atoms with van der Waals surface area (Å²) >= 11 is 3.57. The van der Waals surface area contributed by atoms with Gasteiger partial charge in [0.2, 0.25) is 5.91 Å². The van der Waals surface area contributed by atoms with Crippen LogP contribution in [0.2, 0.25) is 0 Å². The van der Waals surface area contributed by atoms with Gasteiger partial charge in [0.15, 0.2) is 0 Å². The first-order valence-corrected chi connectivity index (χ1v) is 7.26. The topological polar surface area (TPSA) is 72.4 Å². The minimum atomic E-state index is -0.436. The Hall–Kier alpha value is -0.910. The molecule has 4 N–H and O–H groups in total. The lowest BCUT2D eigenvalue weighted by Gasteiger charge is -2.29. The quantitative estimate of drug-likeness (QED) is 0.884. The second kappa shape index (κ2) is 5.61. The van der Waals surface area contributed by atoms with E-state index in [2.05, 4.69) is 26.9 Å². The number of carbonyl (C=O) groups excluding carboxylic acids is 1. The van der Waals surface area contributed by atoms with Gasteiger partial charge in [-0.25, -0.2) is 0 Å². The number of amides is 1. The van der Waals surface area contributed by atoms with Crippen molar-refractivity contribution in [1.29, 1.82) is 0 Å². The van der Waals surface area contributed by atoms with Gasteiger partial charge in [-0.05, 0) is 31.5 Å². The lowest BCUT2D eigenvalue weighted by atomic mass is 9.89. The van der Waals surface area contributed by atoms with Crippen LogP contribution in [-0.4, -0.2) is 30.4 Å². The third-order valence-electron chi connectivity index (χ3n) is 4.03. The molecule has 0 aliphatic carbocycles. The van der Waals surface area contributed by atoms with Crippen molar-refractivity contribution in [2.24, 2.45) is 16.9 Å². The first-order valence-electron chi connectivity index (χ1n) is 6.46. The minimum absolute atomic E-state index is 0.122. The fourth-order valence-electron chi connectivity index (χ4n) is 2.68. The Morgan fingerprint density at radius 3 is 2.74 bits per heavy atom. The molecule has 4 nitrogen and oxygen atoms in total. The Labute approximate surface area is 122 Å². The highest BCUT2D eigenvalue weighted by molar-refractivity contribution is 9.10. The van der Waals surface area contributed by atoms with Crippen LogP contribution < -0.4 is 11.5 Å². The molecule has 2 atom stereocenters. The van der Waals surface area contributed by atoms with Gasteiger partial charge in [0.25, 0.3) is 0 Å². The standard InChI is InChI=1S/C14H20BrN3O/c1-14(13(17)19)6-7-18(9-14)12(8-16)10-4-2-3-5-11(10)15/h2-5,12H,6-9,16H2,1H3,(H2,17,19). The molecule has 19 heavy (non-hydrogen) atoms. The SMILES string of the molecule is CC1(C(N)=O)CCN(C(CN)c2ccccc2Br)C1. The first-order chi connectivity index (χ1) is 8.98. The van der Waals surface area contributed by atoms with E-state index in [0.717, 1.165) is 17.4 Å². The van der Waals surface area contributed by atoms with Crippen LogP contribution in [0.25, 0.3) is 0 Å². The van der Waals surface area contributed by atoms with Crippen LogP contribution in [0.4, 0.5) is 0 Å². The minimum Gasteiger partial charge on any atom is -0.369 e. The van der Waals surface area contributed by atoms with Crippen LogP contribution in [0.15, 0.2) is 28.7 Å². The van der Waals surface area contributed by atoms with E-state index in [-0.39, 0.29) is 11.9 Å². The number of nitrogens with two attached hydrogens (primary N) is 2. The summed E-state index contributed by atoms with van der Waals surface area (Å²) in [6.07, 6.45) is 0.795. The molecule has 1 aliphatic heterocycles. The first kappa shape index (κ1) is 14.5. The molecule has 0 aromatic heterocycles. The van der Waals surface area contributed by atoms with Gasteiger partial charge in [0.1, 0.15) is 0 Å². The molecule has 2 rings (SSSR count). The van der Waals surface area contributed by atoms with Gasteiger partial charge in [-0.1, -0.05) is 34.1 Å². The summed E-state index contributed by atoms with van der Waals surface area (Å²) < 4.78 is 1.05. The molecule has 104 valence electrons. The Morgan fingerprint density at radius 1 is 1.53 bits per heavy atom. The second-order valence-electron chi connectivity index (χ2n) is 5.42. The van der Waals surface area contributed by atoms with Crippen molar-refractivity contribution in [3.05, 3.63) is 34.3 Å². The van der Waals surface area contributed by atoms with E-state index in [9.17, 15) is 4.79 Å². The summed E-state index contributed by atoms with van der Waals surface area (Å²) in [6.45, 7) is 3.98. The van der Waals surface area contributed by atoms with Gasteiger partial charge < -0.3 is 11.5 Å². The van der Waals surface area contributed by atoms with Crippen molar-refractivity contribution in [3.8, 4) is 0 Å². The summed E-state index contributed by atoms with van der Waals surface area (Å²) in [5.41, 5.74) is 12.2. The lowest BCUT2D eigenvalue weighted by Crippen LogP contribution is -2.39. The van der Waals surface area contributed by atoms with Crippen LogP contribution in [0.5, 0.6) is 0 Å². The predicted octanol–water partition coefficient (Wildman–Crippen LogP) is 1.65. The van der Waals surface area contributed by atoms with Gasteiger partial charge in [0.05, 0.1) is 5.41 Å². The van der Waals surface area contributed by atoms with Gasteiger partial charge in [-0.2, -0.15) is 0 Å². The van der Waals surface area contributed by atoms with E-state index < -0.39 is 5.41 Å². The highest BCUT2D eigenvalue weighted by atomic mass is 79.9. The van der Waals surface area contributed by atoms with Crippen LogP contribution >= 0.6 is 15.9 Å². The molecule has 1 saturated heterocycles. The fraction of sp³-hybridized carbons (Fsp3) is 0.500. The molecule has 0 radical (unpaired) electrons. The van der Waals surface area contributed by atoms with Crippen molar-refractivity contribution in [2.45, 2.75) is 19.4 Å². The molecule has 5 heteroatoms. The number of rotatable bonds is 4. The molecular formula is C14H20BrN3O. The average molecular weight is 326 g/mol. The highest BCUT2D eigenvalue weighted by Gasteiger charge is 2.41. The maximum atomic E-state index is 11.5. The summed E-state index contributed by atoms with van der Waals surface area (Å²) in [4.78, 5) is 13.8. The van der Waals surface area contributed by atoms with E-state index in [0.29, 0.717) is 13.1 Å². The Kier molecular flexibility index (Phi) is 4.28. The molecule has 0 spiro atoms. The summed E-state index contributed by atoms with van der Waals surface area (Å²) in [5.74, 6) is -0.224. The smallest absolute Gasteiger partial charge is 0.224 e. The number of hydrogen-bond donors (Lipinski definition) is 2. The molecule has 0 bridgehead atoms. The van der Waals surface area contributed by atoms with E-state index >= 15 is 0 Å².